The fourth-order valence-electron chi connectivity index (χ4n) is 2.84. The second-order valence-electron chi connectivity index (χ2n) is 6.19. The molecular weight excluding hydrogens is 299 g/mol. The van der Waals surface area contributed by atoms with Crippen molar-refractivity contribution < 1.29 is 18.7 Å². The molecule has 0 aliphatic carbocycles. The number of benzene rings is 1. The summed E-state index contributed by atoms with van der Waals surface area (Å²) in [5, 5.41) is 2.85. The molecule has 0 saturated carbocycles. The zero-order valence-electron chi connectivity index (χ0n) is 13.6. The number of carbonyl (C=O) groups excluding carboxylic acids is 2. The molecule has 6 heteroatoms. The van der Waals surface area contributed by atoms with Gasteiger partial charge in [-0.3, -0.25) is 4.79 Å². The second-order valence-corrected chi connectivity index (χ2v) is 6.19. The van der Waals surface area contributed by atoms with Crippen LogP contribution in [0.15, 0.2) is 24.3 Å². The van der Waals surface area contributed by atoms with E-state index in [0.717, 1.165) is 12.0 Å². The van der Waals surface area contributed by atoms with Crippen LogP contribution in [0.5, 0.6) is 0 Å². The summed E-state index contributed by atoms with van der Waals surface area (Å²) < 4.78 is 17.9. The number of esters is 1. The molecule has 0 spiro atoms. The molecule has 2 rings (SSSR count). The molecule has 0 bridgehead atoms. The van der Waals surface area contributed by atoms with Crippen molar-refractivity contribution in [3.8, 4) is 0 Å². The summed E-state index contributed by atoms with van der Waals surface area (Å²) in [4.78, 5) is 25.5. The Bertz CT molecular complexity index is 579. The minimum atomic E-state index is -0.617. The summed E-state index contributed by atoms with van der Waals surface area (Å²) in [6.07, 6.45) is 2.05. The van der Waals surface area contributed by atoms with Gasteiger partial charge in [-0.2, -0.15) is 0 Å². The molecule has 1 aliphatic rings. The highest BCUT2D eigenvalue weighted by atomic mass is 19.1. The normalized spacial score (nSPS) is 20.4. The Morgan fingerprint density at radius 3 is 2.91 bits per heavy atom. The van der Waals surface area contributed by atoms with Gasteiger partial charge >= 0.3 is 12.0 Å². The molecule has 1 N–H and O–H groups in total. The van der Waals surface area contributed by atoms with Crippen LogP contribution in [-0.2, 0) is 16.0 Å². The molecule has 1 saturated heterocycles. The quantitative estimate of drug-likeness (QED) is 0.669. The molecule has 23 heavy (non-hydrogen) atoms. The second kappa shape index (κ2) is 7.44. The highest BCUT2D eigenvalue weighted by Gasteiger charge is 2.42. The molecule has 1 aliphatic heterocycles. The lowest BCUT2D eigenvalue weighted by Crippen LogP contribution is -2.41. The fraction of sp³-hybridized carbons (Fsp3) is 0.529. The van der Waals surface area contributed by atoms with E-state index in [9.17, 15) is 14.0 Å². The minimum absolute atomic E-state index is 0.170. The number of rotatable bonds is 5. The molecule has 0 aromatic heterocycles. The average molecular weight is 322 g/mol. The first-order valence-electron chi connectivity index (χ1n) is 7.80. The van der Waals surface area contributed by atoms with Gasteiger partial charge in [0.1, 0.15) is 5.82 Å². The molecule has 1 fully saturated rings. The SMILES string of the molecule is COC(=O)[C@@]1(C)CCN(C(=O)NCCCc2cccc(F)c2)C1. The van der Waals surface area contributed by atoms with Crippen LogP contribution in [0, 0.1) is 11.2 Å². The van der Waals surface area contributed by atoms with Crippen LogP contribution in [0.4, 0.5) is 9.18 Å². The van der Waals surface area contributed by atoms with E-state index in [-0.39, 0.29) is 17.8 Å². The number of likely N-dealkylation sites (tertiary alicyclic amines) is 1. The maximum absolute atomic E-state index is 13.1. The number of aryl methyl sites for hydroxylation is 1. The summed E-state index contributed by atoms with van der Waals surface area (Å²) in [6.45, 7) is 3.24. The van der Waals surface area contributed by atoms with E-state index in [0.29, 0.717) is 32.5 Å². The molecule has 0 unspecified atom stereocenters. The van der Waals surface area contributed by atoms with Gasteiger partial charge in [0, 0.05) is 19.6 Å². The van der Waals surface area contributed by atoms with Crippen LogP contribution in [0.25, 0.3) is 0 Å². The zero-order valence-corrected chi connectivity index (χ0v) is 13.6. The Kier molecular flexibility index (Phi) is 5.58. The number of hydrogen-bond donors (Lipinski definition) is 1. The average Bonchev–Trinajstić information content (AvgIpc) is 2.94. The summed E-state index contributed by atoms with van der Waals surface area (Å²) in [5.74, 6) is -0.524. The maximum Gasteiger partial charge on any atom is 0.317 e. The minimum Gasteiger partial charge on any atom is -0.469 e. The lowest BCUT2D eigenvalue weighted by atomic mass is 9.90. The molecular formula is C17H23FN2O3. The highest BCUT2D eigenvalue weighted by Crippen LogP contribution is 2.31. The van der Waals surface area contributed by atoms with Crippen LogP contribution >= 0.6 is 0 Å². The van der Waals surface area contributed by atoms with E-state index in [4.69, 9.17) is 4.74 Å². The zero-order chi connectivity index (χ0) is 16.9. The van der Waals surface area contributed by atoms with Gasteiger partial charge in [-0.05, 0) is 43.9 Å². The third-order valence-electron chi connectivity index (χ3n) is 4.25. The van der Waals surface area contributed by atoms with Crippen LogP contribution in [0.3, 0.4) is 0 Å². The lowest BCUT2D eigenvalue weighted by Gasteiger charge is -2.22. The number of hydrogen-bond acceptors (Lipinski definition) is 3. The van der Waals surface area contributed by atoms with Crippen molar-refractivity contribution in [1.29, 1.82) is 0 Å². The van der Waals surface area contributed by atoms with Gasteiger partial charge in [0.25, 0.3) is 0 Å². The number of carbonyl (C=O) groups is 2. The van der Waals surface area contributed by atoms with Gasteiger partial charge in [-0.1, -0.05) is 12.1 Å². The molecule has 1 atom stereocenters. The summed E-state index contributed by atoms with van der Waals surface area (Å²) in [7, 11) is 1.36. The standard InChI is InChI=1S/C17H23FN2O3/c1-17(15(21)23-2)8-10-20(12-17)16(22)19-9-4-6-13-5-3-7-14(18)11-13/h3,5,7,11H,4,6,8-10,12H2,1-2H3,(H,19,22)/t17-/m0/s1. The Hall–Kier alpha value is -2.11. The fourth-order valence-corrected chi connectivity index (χ4v) is 2.84. The number of amides is 2. The van der Waals surface area contributed by atoms with Crippen LogP contribution in [-0.4, -0.2) is 43.6 Å². The molecule has 1 aromatic rings. The van der Waals surface area contributed by atoms with Crippen molar-refractivity contribution in [2.75, 3.05) is 26.7 Å². The van der Waals surface area contributed by atoms with E-state index in [1.807, 2.05) is 13.0 Å². The van der Waals surface area contributed by atoms with Crippen molar-refractivity contribution >= 4 is 12.0 Å². The summed E-state index contributed by atoms with van der Waals surface area (Å²) in [5.41, 5.74) is 0.298. The third-order valence-corrected chi connectivity index (χ3v) is 4.25. The summed E-state index contributed by atoms with van der Waals surface area (Å²) >= 11 is 0. The number of nitrogens with zero attached hydrogens (tertiary/aromatic N) is 1. The molecule has 2 amide bonds. The van der Waals surface area contributed by atoms with Gasteiger partial charge < -0.3 is 15.0 Å². The van der Waals surface area contributed by atoms with E-state index >= 15 is 0 Å². The maximum atomic E-state index is 13.1. The topological polar surface area (TPSA) is 58.6 Å². The van der Waals surface area contributed by atoms with Gasteiger partial charge in [0.2, 0.25) is 0 Å². The Labute approximate surface area is 135 Å². The van der Waals surface area contributed by atoms with E-state index in [1.54, 1.807) is 11.0 Å². The first-order chi connectivity index (χ1) is 10.9. The molecule has 1 aromatic carbocycles. The van der Waals surface area contributed by atoms with Crippen molar-refractivity contribution in [2.24, 2.45) is 5.41 Å². The van der Waals surface area contributed by atoms with Gasteiger partial charge in [0.05, 0.1) is 12.5 Å². The molecule has 0 radical (unpaired) electrons. The highest BCUT2D eigenvalue weighted by molar-refractivity contribution is 5.80. The van der Waals surface area contributed by atoms with Crippen molar-refractivity contribution in [2.45, 2.75) is 26.2 Å². The van der Waals surface area contributed by atoms with E-state index < -0.39 is 5.41 Å². The first kappa shape index (κ1) is 17.2. The molecule has 126 valence electrons. The van der Waals surface area contributed by atoms with Gasteiger partial charge in [-0.25, -0.2) is 9.18 Å². The first-order valence-corrected chi connectivity index (χ1v) is 7.80. The smallest absolute Gasteiger partial charge is 0.317 e. The monoisotopic (exact) mass is 322 g/mol. The van der Waals surface area contributed by atoms with Gasteiger partial charge in [0.15, 0.2) is 0 Å². The Morgan fingerprint density at radius 2 is 2.22 bits per heavy atom. The number of halogens is 1. The molecule has 1 heterocycles. The van der Waals surface area contributed by atoms with E-state index in [1.165, 1.54) is 19.2 Å². The largest absolute Gasteiger partial charge is 0.469 e. The number of methoxy groups -OCH3 is 1. The number of nitrogens with one attached hydrogen (secondary N) is 1. The van der Waals surface area contributed by atoms with Crippen LogP contribution in [0.1, 0.15) is 25.3 Å². The van der Waals surface area contributed by atoms with Gasteiger partial charge in [-0.15, -0.1) is 0 Å². The predicted molar refractivity (Wildman–Crippen MR) is 84.4 cm³/mol. The molecule has 5 nitrogen and oxygen atoms in total. The van der Waals surface area contributed by atoms with Crippen LogP contribution < -0.4 is 5.32 Å². The number of ether oxygens (including phenoxy) is 1. The third kappa shape index (κ3) is 4.43. The number of urea groups is 1. The van der Waals surface area contributed by atoms with Crippen molar-refractivity contribution in [3.05, 3.63) is 35.6 Å². The van der Waals surface area contributed by atoms with Crippen molar-refractivity contribution in [3.63, 3.8) is 0 Å². The Morgan fingerprint density at radius 1 is 1.43 bits per heavy atom. The lowest BCUT2D eigenvalue weighted by molar-refractivity contribution is -0.150. The Balaban J connectivity index is 1.72. The van der Waals surface area contributed by atoms with Crippen molar-refractivity contribution in [1.82, 2.24) is 10.2 Å². The predicted octanol–water partition coefficient (Wildman–Crippen LogP) is 2.35. The summed E-state index contributed by atoms with van der Waals surface area (Å²) in [6, 6.07) is 6.30. The van der Waals surface area contributed by atoms with Crippen LogP contribution in [0.2, 0.25) is 0 Å². The van der Waals surface area contributed by atoms with E-state index in [2.05, 4.69) is 5.32 Å².